The molecule has 1 saturated heterocycles. The van der Waals surface area contributed by atoms with Crippen LogP contribution in [0.1, 0.15) is 98.8 Å². The van der Waals surface area contributed by atoms with Gasteiger partial charge in [0.1, 0.15) is 0 Å². The van der Waals surface area contributed by atoms with Gasteiger partial charge in [0, 0.05) is 26.7 Å². The van der Waals surface area contributed by atoms with Crippen LogP contribution in [0.3, 0.4) is 0 Å². The van der Waals surface area contributed by atoms with E-state index in [1.54, 1.807) is 12.7 Å². The molecule has 0 aromatic heterocycles. The average molecular weight is 592 g/mol. The summed E-state index contributed by atoms with van der Waals surface area (Å²) in [6.07, 6.45) is 16.0. The quantitative estimate of drug-likeness (QED) is 0.132. The van der Waals surface area contributed by atoms with E-state index in [2.05, 4.69) is 45.6 Å². The van der Waals surface area contributed by atoms with Gasteiger partial charge < -0.3 is 23.7 Å². The Labute approximate surface area is 258 Å². The summed E-state index contributed by atoms with van der Waals surface area (Å²) in [6, 6.07) is 0. The van der Waals surface area contributed by atoms with E-state index >= 15 is 0 Å². The lowest BCUT2D eigenvalue weighted by atomic mass is 9.47. The number of ether oxygens (including phenoxy) is 5. The number of hydrogen-bond donors (Lipinski definition) is 0. The number of fused-ring (bicyclic) bond motifs is 3. The van der Waals surface area contributed by atoms with E-state index in [0.29, 0.717) is 50.0 Å². The minimum absolute atomic E-state index is 0.114. The van der Waals surface area contributed by atoms with Crippen molar-refractivity contribution in [2.24, 2.45) is 34.5 Å². The highest BCUT2D eigenvalue weighted by Gasteiger charge is 2.53. The Kier molecular flexibility index (Phi) is 13.7. The van der Waals surface area contributed by atoms with Gasteiger partial charge in [-0.05, 0) is 85.9 Å². The normalized spacial score (nSPS) is 32.3. The molecule has 42 heavy (non-hydrogen) atoms. The van der Waals surface area contributed by atoms with Crippen molar-refractivity contribution < 1.29 is 23.7 Å². The fraction of sp³-hybridized carbons (Fsp3) is 0.944. The largest absolute Gasteiger partial charge is 0.382 e. The van der Waals surface area contributed by atoms with E-state index in [-0.39, 0.29) is 6.10 Å². The molecule has 6 atom stereocenters. The highest BCUT2D eigenvalue weighted by molar-refractivity contribution is 5.24. The van der Waals surface area contributed by atoms with Crippen LogP contribution in [-0.2, 0) is 23.7 Å². The molecule has 1 aliphatic heterocycles. The zero-order valence-corrected chi connectivity index (χ0v) is 28.2. The number of rotatable bonds is 17. The third-order valence-electron chi connectivity index (χ3n) is 11.4. The fourth-order valence-electron chi connectivity index (χ4n) is 8.82. The Bertz CT molecular complexity index is 809. The van der Waals surface area contributed by atoms with Crippen LogP contribution in [0.4, 0.5) is 0 Å². The van der Waals surface area contributed by atoms with Gasteiger partial charge in [-0.3, -0.25) is 4.90 Å². The molecular formula is C36H65NO5. The summed E-state index contributed by atoms with van der Waals surface area (Å²) in [7, 11) is 1.75. The van der Waals surface area contributed by atoms with E-state index in [9.17, 15) is 0 Å². The van der Waals surface area contributed by atoms with Crippen molar-refractivity contribution in [3.63, 3.8) is 0 Å². The van der Waals surface area contributed by atoms with Gasteiger partial charge in [0.15, 0.2) is 0 Å². The first-order chi connectivity index (χ1) is 20.2. The maximum absolute atomic E-state index is 6.37. The summed E-state index contributed by atoms with van der Waals surface area (Å²) >= 11 is 0. The van der Waals surface area contributed by atoms with E-state index in [1.807, 2.05) is 0 Å². The lowest BCUT2D eigenvalue weighted by Crippen LogP contribution is -2.50. The van der Waals surface area contributed by atoms with Gasteiger partial charge in [-0.2, -0.15) is 0 Å². The summed E-state index contributed by atoms with van der Waals surface area (Å²) in [5.74, 6) is 3.41. The van der Waals surface area contributed by atoms with Crippen molar-refractivity contribution in [2.75, 3.05) is 73.0 Å². The first kappa shape index (κ1) is 34.4. The zero-order chi connectivity index (χ0) is 30.0. The maximum Gasteiger partial charge on any atom is 0.0821 e. The van der Waals surface area contributed by atoms with Crippen LogP contribution in [-0.4, -0.2) is 90.1 Å². The van der Waals surface area contributed by atoms with Gasteiger partial charge >= 0.3 is 0 Å². The molecule has 3 aliphatic carbocycles. The lowest BCUT2D eigenvalue weighted by Gasteiger charge is -2.58. The van der Waals surface area contributed by atoms with E-state index in [1.165, 1.54) is 51.4 Å². The fourth-order valence-corrected chi connectivity index (χ4v) is 8.82. The Balaban J connectivity index is 1.15. The van der Waals surface area contributed by atoms with Gasteiger partial charge in [-0.15, -0.1) is 0 Å². The van der Waals surface area contributed by atoms with Crippen LogP contribution in [0.2, 0.25) is 0 Å². The molecule has 6 heteroatoms. The van der Waals surface area contributed by atoms with Crippen LogP contribution in [0.5, 0.6) is 0 Å². The van der Waals surface area contributed by atoms with Crippen LogP contribution in [0, 0.1) is 34.5 Å². The molecule has 244 valence electrons. The second-order valence-corrected chi connectivity index (χ2v) is 15.2. The van der Waals surface area contributed by atoms with Crippen molar-refractivity contribution in [3.8, 4) is 0 Å². The van der Waals surface area contributed by atoms with E-state index < -0.39 is 0 Å². The molecule has 0 bridgehead atoms. The molecule has 0 N–H and O–H groups in total. The molecule has 0 aromatic rings. The standard InChI is InChI=1S/C36H65NO5/c1-28(2)8-7-9-33-32-11-10-29-26-30(12-16-36(29,5)34(32)13-15-35(33,3)4)41-24-22-40-23-25-42-31(27-38-6)14-17-37-18-20-39-21-19-37/h10,28,30-34H,7-9,11-27H2,1-6H3/t30?,31?,32-,33?,34?,36-/m0/s1. The number of hydrogen-bond acceptors (Lipinski definition) is 6. The van der Waals surface area contributed by atoms with Crippen molar-refractivity contribution in [1.82, 2.24) is 4.90 Å². The van der Waals surface area contributed by atoms with Gasteiger partial charge in [0.2, 0.25) is 0 Å². The number of methoxy groups -OCH3 is 1. The molecule has 4 aliphatic rings. The third kappa shape index (κ3) is 9.50. The topological polar surface area (TPSA) is 49.4 Å². The Morgan fingerprint density at radius 2 is 1.79 bits per heavy atom. The van der Waals surface area contributed by atoms with Crippen LogP contribution >= 0.6 is 0 Å². The molecular weight excluding hydrogens is 526 g/mol. The summed E-state index contributed by atoms with van der Waals surface area (Å²) in [6.45, 7) is 20.4. The summed E-state index contributed by atoms with van der Waals surface area (Å²) in [5, 5.41) is 0. The summed E-state index contributed by atoms with van der Waals surface area (Å²) in [5.41, 5.74) is 2.57. The number of nitrogens with zero attached hydrogens (tertiary/aromatic N) is 1. The molecule has 4 rings (SSSR count). The van der Waals surface area contributed by atoms with Gasteiger partial charge in [-0.25, -0.2) is 0 Å². The van der Waals surface area contributed by atoms with Crippen LogP contribution < -0.4 is 0 Å². The van der Waals surface area contributed by atoms with E-state index in [0.717, 1.165) is 69.4 Å². The molecule has 0 radical (unpaired) electrons. The third-order valence-corrected chi connectivity index (χ3v) is 11.4. The highest BCUT2D eigenvalue weighted by Crippen LogP contribution is 2.62. The Morgan fingerprint density at radius 3 is 2.55 bits per heavy atom. The van der Waals surface area contributed by atoms with Crippen molar-refractivity contribution in [2.45, 2.75) is 111 Å². The minimum Gasteiger partial charge on any atom is -0.382 e. The summed E-state index contributed by atoms with van der Waals surface area (Å²) in [4.78, 5) is 2.44. The van der Waals surface area contributed by atoms with Crippen molar-refractivity contribution in [1.29, 1.82) is 0 Å². The van der Waals surface area contributed by atoms with Crippen molar-refractivity contribution in [3.05, 3.63) is 11.6 Å². The number of morpholine rings is 1. The second-order valence-electron chi connectivity index (χ2n) is 15.2. The Morgan fingerprint density at radius 1 is 1.00 bits per heavy atom. The van der Waals surface area contributed by atoms with Crippen LogP contribution in [0.15, 0.2) is 11.6 Å². The number of allylic oxidation sites excluding steroid dienone is 1. The average Bonchev–Trinajstić information content (AvgIpc) is 2.96. The molecule has 0 spiro atoms. The molecule has 0 amide bonds. The van der Waals surface area contributed by atoms with E-state index in [4.69, 9.17) is 23.7 Å². The van der Waals surface area contributed by atoms with Crippen molar-refractivity contribution >= 4 is 0 Å². The predicted molar refractivity (Wildman–Crippen MR) is 171 cm³/mol. The Hall–Kier alpha value is -0.500. The smallest absolute Gasteiger partial charge is 0.0821 e. The second kappa shape index (κ2) is 16.7. The monoisotopic (exact) mass is 591 g/mol. The lowest BCUT2D eigenvalue weighted by molar-refractivity contribution is -0.0674. The summed E-state index contributed by atoms with van der Waals surface area (Å²) < 4.78 is 29.2. The predicted octanol–water partition coefficient (Wildman–Crippen LogP) is 7.16. The first-order valence-corrected chi connectivity index (χ1v) is 17.5. The molecule has 4 unspecified atom stereocenters. The SMILES string of the molecule is COCC(CCN1CCOCC1)OCCOCCOC1CC[C@@]2(C)C(=CC[C@H]3C(CCCC(C)C)C(C)(C)CCC32)C1. The van der Waals surface area contributed by atoms with Gasteiger partial charge in [0.05, 0.1) is 58.5 Å². The van der Waals surface area contributed by atoms with Gasteiger partial charge in [0.25, 0.3) is 0 Å². The maximum atomic E-state index is 6.37. The van der Waals surface area contributed by atoms with Gasteiger partial charge in [-0.1, -0.05) is 59.1 Å². The molecule has 3 fully saturated rings. The molecule has 6 nitrogen and oxygen atoms in total. The molecule has 0 aromatic carbocycles. The minimum atomic E-state index is 0.114. The first-order valence-electron chi connectivity index (χ1n) is 17.5. The highest BCUT2D eigenvalue weighted by atomic mass is 16.6. The molecule has 1 heterocycles. The molecule has 2 saturated carbocycles. The van der Waals surface area contributed by atoms with Crippen LogP contribution in [0.25, 0.3) is 0 Å². The zero-order valence-electron chi connectivity index (χ0n) is 28.2.